The highest BCUT2D eigenvalue weighted by Crippen LogP contribution is 2.27. The Morgan fingerprint density at radius 3 is 2.80 bits per heavy atom. The van der Waals surface area contributed by atoms with Crippen molar-refractivity contribution in [2.75, 3.05) is 6.61 Å². The number of aromatic hydroxyl groups is 1. The summed E-state index contributed by atoms with van der Waals surface area (Å²) in [7, 11) is 0. The Morgan fingerprint density at radius 1 is 1.47 bits per heavy atom. The summed E-state index contributed by atoms with van der Waals surface area (Å²) in [5.74, 6) is 0.751. The molecule has 84 valence electrons. The number of phenolic OH excluding ortho intramolecular Hbond substituents is 1. The van der Waals surface area contributed by atoms with Crippen LogP contribution in [0.5, 0.6) is 11.5 Å². The van der Waals surface area contributed by atoms with Gasteiger partial charge in [0.2, 0.25) is 0 Å². The highest BCUT2D eigenvalue weighted by atomic mass is 16.5. The van der Waals surface area contributed by atoms with E-state index in [2.05, 4.69) is 0 Å². The van der Waals surface area contributed by atoms with Crippen LogP contribution in [0, 0.1) is 0 Å². The SMILES string of the molecule is CCOc1cc(CC[C@@H](C)N)ccc1O. The van der Waals surface area contributed by atoms with E-state index in [0.29, 0.717) is 12.4 Å². The number of nitrogens with two attached hydrogens (primary N) is 1. The van der Waals surface area contributed by atoms with Gasteiger partial charge in [-0.25, -0.2) is 0 Å². The number of ether oxygens (including phenoxy) is 1. The fourth-order valence-electron chi connectivity index (χ4n) is 1.38. The van der Waals surface area contributed by atoms with Crippen LogP contribution in [0.3, 0.4) is 0 Å². The maximum Gasteiger partial charge on any atom is 0.161 e. The molecule has 0 aromatic heterocycles. The van der Waals surface area contributed by atoms with Crippen LogP contribution in [0.1, 0.15) is 25.8 Å². The Bertz CT molecular complexity index is 310. The molecule has 1 aromatic rings. The molecule has 0 unspecified atom stereocenters. The van der Waals surface area contributed by atoms with Crippen LogP contribution in [0.4, 0.5) is 0 Å². The maximum atomic E-state index is 9.49. The molecule has 1 aromatic carbocycles. The first-order chi connectivity index (χ1) is 7.13. The van der Waals surface area contributed by atoms with Gasteiger partial charge in [-0.3, -0.25) is 0 Å². The Balaban J connectivity index is 2.69. The maximum absolute atomic E-state index is 9.49. The predicted octanol–water partition coefficient (Wildman–Crippen LogP) is 2.07. The fourth-order valence-corrected chi connectivity index (χ4v) is 1.38. The molecule has 0 saturated carbocycles. The summed E-state index contributed by atoms with van der Waals surface area (Å²) in [5, 5.41) is 9.49. The third kappa shape index (κ3) is 3.80. The molecule has 0 amide bonds. The molecule has 3 nitrogen and oxygen atoms in total. The Hall–Kier alpha value is -1.22. The summed E-state index contributed by atoms with van der Waals surface area (Å²) < 4.78 is 5.30. The number of rotatable bonds is 5. The molecule has 3 N–H and O–H groups in total. The van der Waals surface area contributed by atoms with Crippen molar-refractivity contribution in [2.24, 2.45) is 5.73 Å². The van der Waals surface area contributed by atoms with E-state index in [1.165, 1.54) is 0 Å². The van der Waals surface area contributed by atoms with Crippen molar-refractivity contribution in [1.82, 2.24) is 0 Å². The zero-order valence-corrected chi connectivity index (χ0v) is 9.36. The normalized spacial score (nSPS) is 12.5. The molecule has 0 fully saturated rings. The van der Waals surface area contributed by atoms with E-state index < -0.39 is 0 Å². The van der Waals surface area contributed by atoms with Crippen LogP contribution < -0.4 is 10.5 Å². The van der Waals surface area contributed by atoms with Crippen LogP contribution in [0.15, 0.2) is 18.2 Å². The molecule has 0 radical (unpaired) electrons. The van der Waals surface area contributed by atoms with E-state index in [1.807, 2.05) is 26.0 Å². The van der Waals surface area contributed by atoms with Crippen LogP contribution in [0.2, 0.25) is 0 Å². The van der Waals surface area contributed by atoms with Crippen molar-refractivity contribution in [1.29, 1.82) is 0 Å². The second-order valence-electron chi connectivity index (χ2n) is 3.75. The number of hydrogen-bond acceptors (Lipinski definition) is 3. The lowest BCUT2D eigenvalue weighted by atomic mass is 10.1. The van der Waals surface area contributed by atoms with Crippen LogP contribution in [-0.2, 0) is 6.42 Å². The van der Waals surface area contributed by atoms with Gasteiger partial charge in [0.05, 0.1) is 6.61 Å². The van der Waals surface area contributed by atoms with Crippen LogP contribution >= 0.6 is 0 Å². The second-order valence-corrected chi connectivity index (χ2v) is 3.75. The molecule has 3 heteroatoms. The first-order valence-electron chi connectivity index (χ1n) is 5.33. The van der Waals surface area contributed by atoms with E-state index in [1.54, 1.807) is 6.07 Å². The van der Waals surface area contributed by atoms with Crippen molar-refractivity contribution in [3.8, 4) is 11.5 Å². The minimum Gasteiger partial charge on any atom is -0.504 e. The molecule has 0 aliphatic carbocycles. The fraction of sp³-hybridized carbons (Fsp3) is 0.500. The van der Waals surface area contributed by atoms with E-state index in [-0.39, 0.29) is 11.8 Å². The predicted molar refractivity (Wildman–Crippen MR) is 61.2 cm³/mol. The highest BCUT2D eigenvalue weighted by molar-refractivity contribution is 5.41. The molecule has 0 aliphatic rings. The molecular formula is C12H19NO2. The monoisotopic (exact) mass is 209 g/mol. The summed E-state index contributed by atoms with van der Waals surface area (Å²) in [4.78, 5) is 0. The van der Waals surface area contributed by atoms with Crippen LogP contribution in [0.25, 0.3) is 0 Å². The minimum atomic E-state index is 0.196. The van der Waals surface area contributed by atoms with Crippen molar-refractivity contribution in [2.45, 2.75) is 32.7 Å². The van der Waals surface area contributed by atoms with E-state index in [4.69, 9.17) is 10.5 Å². The van der Waals surface area contributed by atoms with Gasteiger partial charge >= 0.3 is 0 Å². The summed E-state index contributed by atoms with van der Waals surface area (Å²) in [5.41, 5.74) is 6.83. The van der Waals surface area contributed by atoms with Gasteiger partial charge in [-0.1, -0.05) is 6.07 Å². The number of aryl methyl sites for hydroxylation is 1. The van der Waals surface area contributed by atoms with Crippen LogP contribution in [-0.4, -0.2) is 17.8 Å². The molecule has 1 rings (SSSR count). The van der Waals surface area contributed by atoms with E-state index >= 15 is 0 Å². The van der Waals surface area contributed by atoms with E-state index in [9.17, 15) is 5.11 Å². The Labute approximate surface area is 90.9 Å². The first kappa shape index (κ1) is 11.9. The van der Waals surface area contributed by atoms with Crippen molar-refractivity contribution >= 4 is 0 Å². The molecule has 0 spiro atoms. The second kappa shape index (κ2) is 5.61. The van der Waals surface area contributed by atoms with Gasteiger partial charge < -0.3 is 15.6 Å². The average molecular weight is 209 g/mol. The molecule has 0 bridgehead atoms. The largest absolute Gasteiger partial charge is 0.504 e. The van der Waals surface area contributed by atoms with Gasteiger partial charge in [-0.05, 0) is 44.4 Å². The summed E-state index contributed by atoms with van der Waals surface area (Å²) in [6, 6.07) is 5.65. The lowest BCUT2D eigenvalue weighted by molar-refractivity contribution is 0.317. The molecule has 0 aliphatic heterocycles. The zero-order valence-electron chi connectivity index (χ0n) is 9.36. The van der Waals surface area contributed by atoms with Gasteiger partial charge in [-0.2, -0.15) is 0 Å². The molecular weight excluding hydrogens is 190 g/mol. The van der Waals surface area contributed by atoms with Gasteiger partial charge in [0.25, 0.3) is 0 Å². The van der Waals surface area contributed by atoms with Gasteiger partial charge in [0.1, 0.15) is 0 Å². The summed E-state index contributed by atoms with van der Waals surface area (Å²) in [6.45, 7) is 4.45. The first-order valence-corrected chi connectivity index (χ1v) is 5.33. The van der Waals surface area contributed by atoms with Gasteiger partial charge in [0.15, 0.2) is 11.5 Å². The Kier molecular flexibility index (Phi) is 4.43. The third-order valence-electron chi connectivity index (χ3n) is 2.21. The number of hydrogen-bond donors (Lipinski definition) is 2. The third-order valence-corrected chi connectivity index (χ3v) is 2.21. The van der Waals surface area contributed by atoms with E-state index in [0.717, 1.165) is 18.4 Å². The highest BCUT2D eigenvalue weighted by Gasteiger charge is 2.04. The van der Waals surface area contributed by atoms with Crippen molar-refractivity contribution < 1.29 is 9.84 Å². The minimum absolute atomic E-state index is 0.196. The summed E-state index contributed by atoms with van der Waals surface area (Å²) >= 11 is 0. The molecule has 15 heavy (non-hydrogen) atoms. The lowest BCUT2D eigenvalue weighted by Gasteiger charge is -2.09. The van der Waals surface area contributed by atoms with Gasteiger partial charge in [0, 0.05) is 6.04 Å². The standard InChI is InChI=1S/C12H19NO2/c1-3-15-12-8-10(5-4-9(2)13)6-7-11(12)14/h6-9,14H,3-5,13H2,1-2H3/t9-/m1/s1. The van der Waals surface area contributed by atoms with Gasteiger partial charge in [-0.15, -0.1) is 0 Å². The lowest BCUT2D eigenvalue weighted by Crippen LogP contribution is -2.15. The van der Waals surface area contributed by atoms with Crippen molar-refractivity contribution in [3.05, 3.63) is 23.8 Å². The molecule has 0 heterocycles. The quantitative estimate of drug-likeness (QED) is 0.780. The Morgan fingerprint density at radius 2 is 2.20 bits per heavy atom. The molecule has 1 atom stereocenters. The number of benzene rings is 1. The number of phenols is 1. The zero-order chi connectivity index (χ0) is 11.3. The smallest absolute Gasteiger partial charge is 0.161 e. The topological polar surface area (TPSA) is 55.5 Å². The average Bonchev–Trinajstić information content (AvgIpc) is 2.19. The van der Waals surface area contributed by atoms with Crippen molar-refractivity contribution in [3.63, 3.8) is 0 Å². The molecule has 0 saturated heterocycles. The summed E-state index contributed by atoms with van der Waals surface area (Å²) in [6.07, 6.45) is 1.86.